The number of piperidine rings is 2. The molecule has 42 heavy (non-hydrogen) atoms. The zero-order valence-electron chi connectivity index (χ0n) is 23.0. The van der Waals surface area contributed by atoms with Crippen LogP contribution in [-0.2, 0) is 9.59 Å². The highest BCUT2D eigenvalue weighted by atomic mass is 19.4. The van der Waals surface area contributed by atoms with Gasteiger partial charge in [-0.25, -0.2) is 0 Å². The second kappa shape index (κ2) is 10.8. The number of carbonyl (C=O) groups excluding carboxylic acids is 5. The van der Waals surface area contributed by atoms with E-state index in [1.807, 2.05) is 6.92 Å². The molecule has 0 aliphatic carbocycles. The summed E-state index contributed by atoms with van der Waals surface area (Å²) in [5.74, 6) is -3.40. The molecule has 0 radical (unpaired) electrons. The third kappa shape index (κ3) is 5.68. The Labute approximate surface area is 239 Å². The van der Waals surface area contributed by atoms with Crippen LogP contribution in [0.2, 0.25) is 0 Å². The monoisotopic (exact) mass is 586 g/mol. The van der Waals surface area contributed by atoms with E-state index in [0.29, 0.717) is 32.5 Å². The number of halogens is 3. The van der Waals surface area contributed by atoms with Crippen LogP contribution in [0.15, 0.2) is 42.5 Å². The minimum absolute atomic E-state index is 0.0379. The number of hydrogen-bond donors (Lipinski definition) is 1. The summed E-state index contributed by atoms with van der Waals surface area (Å²) in [6, 6.07) is 9.15. The Morgan fingerprint density at radius 2 is 1.71 bits per heavy atom. The highest BCUT2D eigenvalue weighted by molar-refractivity contribution is 6.23. The van der Waals surface area contributed by atoms with Crippen LogP contribution in [0.3, 0.4) is 0 Å². The van der Waals surface area contributed by atoms with Gasteiger partial charge in [0.05, 0.1) is 16.7 Å². The van der Waals surface area contributed by atoms with Gasteiger partial charge < -0.3 is 14.5 Å². The van der Waals surface area contributed by atoms with Crippen LogP contribution in [0.5, 0.6) is 5.75 Å². The lowest BCUT2D eigenvalue weighted by atomic mass is 9.79. The lowest BCUT2D eigenvalue weighted by Crippen LogP contribution is -2.54. The first-order valence-corrected chi connectivity index (χ1v) is 13.5. The van der Waals surface area contributed by atoms with Crippen molar-refractivity contribution in [1.29, 1.82) is 0 Å². The fourth-order valence-electron chi connectivity index (χ4n) is 5.83. The Morgan fingerprint density at radius 1 is 1.05 bits per heavy atom. The number of rotatable bonds is 6. The quantitative estimate of drug-likeness (QED) is 0.516. The van der Waals surface area contributed by atoms with Crippen LogP contribution < -0.4 is 15.0 Å². The molecule has 2 fully saturated rings. The standard InChI is InChI=1S/C29H29F3N4O6/c1-28(16-34(2)25(39)19-5-3-4-6-22(19)42-29(30,31)32)11-13-35(14-12-28)17-7-8-18-20(15-17)27(41)36(26(18)40)21-9-10-23(37)33-24(21)38/h3-8,15,21H,9-14,16H2,1-2H3,(H,33,37,38). The molecule has 2 saturated heterocycles. The first-order valence-electron chi connectivity index (χ1n) is 13.5. The molecule has 0 spiro atoms. The molecule has 13 heteroatoms. The predicted octanol–water partition coefficient (Wildman–Crippen LogP) is 3.37. The van der Waals surface area contributed by atoms with E-state index in [1.54, 1.807) is 25.2 Å². The molecule has 1 unspecified atom stereocenters. The van der Waals surface area contributed by atoms with Gasteiger partial charge in [-0.3, -0.25) is 34.2 Å². The Morgan fingerprint density at radius 3 is 2.38 bits per heavy atom. The number of hydrogen-bond acceptors (Lipinski definition) is 7. The predicted molar refractivity (Wildman–Crippen MR) is 143 cm³/mol. The van der Waals surface area contributed by atoms with Crippen molar-refractivity contribution < 1.29 is 41.9 Å². The third-order valence-corrected chi connectivity index (χ3v) is 8.07. The van der Waals surface area contributed by atoms with E-state index in [4.69, 9.17) is 0 Å². The smallest absolute Gasteiger partial charge is 0.405 e. The molecule has 10 nitrogen and oxygen atoms in total. The second-order valence-electron chi connectivity index (χ2n) is 11.2. The molecule has 1 N–H and O–H groups in total. The minimum Gasteiger partial charge on any atom is -0.405 e. The number of anilines is 1. The van der Waals surface area contributed by atoms with Crippen LogP contribution in [0, 0.1) is 5.41 Å². The third-order valence-electron chi connectivity index (χ3n) is 8.07. The van der Waals surface area contributed by atoms with Gasteiger partial charge in [0.1, 0.15) is 11.8 Å². The maximum Gasteiger partial charge on any atom is 0.573 e. The number of para-hydroxylation sites is 1. The van der Waals surface area contributed by atoms with E-state index in [1.165, 1.54) is 23.1 Å². The van der Waals surface area contributed by atoms with Crippen LogP contribution in [0.25, 0.3) is 0 Å². The van der Waals surface area contributed by atoms with Gasteiger partial charge in [-0.15, -0.1) is 13.2 Å². The zero-order valence-corrected chi connectivity index (χ0v) is 23.0. The lowest BCUT2D eigenvalue weighted by molar-refractivity contribution is -0.274. The molecule has 0 aromatic heterocycles. The Balaban J connectivity index is 1.24. The summed E-state index contributed by atoms with van der Waals surface area (Å²) in [5.41, 5.74) is 0.615. The van der Waals surface area contributed by atoms with Crippen molar-refractivity contribution in [2.24, 2.45) is 5.41 Å². The number of imide groups is 2. The van der Waals surface area contributed by atoms with E-state index in [-0.39, 0.29) is 34.9 Å². The Kier molecular flexibility index (Phi) is 7.46. The molecule has 3 heterocycles. The fourth-order valence-corrected chi connectivity index (χ4v) is 5.83. The summed E-state index contributed by atoms with van der Waals surface area (Å²) < 4.78 is 42.5. The summed E-state index contributed by atoms with van der Waals surface area (Å²) in [7, 11) is 1.54. The van der Waals surface area contributed by atoms with Gasteiger partial charge >= 0.3 is 6.36 Å². The van der Waals surface area contributed by atoms with Crippen LogP contribution in [0.1, 0.15) is 63.7 Å². The maximum absolute atomic E-state index is 13.2. The van der Waals surface area contributed by atoms with Gasteiger partial charge in [-0.2, -0.15) is 0 Å². The molecular weight excluding hydrogens is 557 g/mol. The molecule has 3 aliphatic heterocycles. The molecular formula is C29H29F3N4O6. The number of amides is 5. The largest absolute Gasteiger partial charge is 0.573 e. The molecule has 0 saturated carbocycles. The van der Waals surface area contributed by atoms with Gasteiger partial charge in [0, 0.05) is 38.8 Å². The van der Waals surface area contributed by atoms with Gasteiger partial charge in [0.2, 0.25) is 11.8 Å². The number of fused-ring (bicyclic) bond motifs is 1. The van der Waals surface area contributed by atoms with E-state index in [9.17, 15) is 37.1 Å². The molecule has 5 rings (SSSR count). The topological polar surface area (TPSA) is 116 Å². The average Bonchev–Trinajstić information content (AvgIpc) is 3.17. The number of benzene rings is 2. The highest BCUT2D eigenvalue weighted by Gasteiger charge is 2.45. The molecule has 2 aromatic carbocycles. The summed E-state index contributed by atoms with van der Waals surface area (Å²) in [6.07, 6.45) is -3.51. The molecule has 222 valence electrons. The number of nitrogens with one attached hydrogen (secondary N) is 1. The maximum atomic E-state index is 13.2. The molecule has 1 atom stereocenters. The van der Waals surface area contributed by atoms with Gasteiger partial charge in [0.15, 0.2) is 0 Å². The van der Waals surface area contributed by atoms with Crippen molar-refractivity contribution in [1.82, 2.24) is 15.1 Å². The first kappa shape index (κ1) is 29.1. The van der Waals surface area contributed by atoms with Crippen LogP contribution in [-0.4, -0.2) is 78.4 Å². The normalized spacial score (nSPS) is 20.4. The summed E-state index contributed by atoms with van der Waals surface area (Å²) in [6.45, 7) is 3.46. The molecule has 5 amide bonds. The van der Waals surface area contributed by atoms with Crippen molar-refractivity contribution in [3.63, 3.8) is 0 Å². The summed E-state index contributed by atoms with van der Waals surface area (Å²) in [4.78, 5) is 67.4. The minimum atomic E-state index is -4.92. The van der Waals surface area contributed by atoms with Crippen molar-refractivity contribution in [3.05, 3.63) is 59.2 Å². The van der Waals surface area contributed by atoms with E-state index >= 15 is 0 Å². The molecule has 2 aromatic rings. The van der Waals surface area contributed by atoms with Gasteiger partial charge in [-0.1, -0.05) is 19.1 Å². The first-order chi connectivity index (χ1) is 19.8. The molecule has 3 aliphatic rings. The lowest BCUT2D eigenvalue weighted by Gasteiger charge is -2.42. The number of ether oxygens (including phenoxy) is 1. The average molecular weight is 587 g/mol. The van der Waals surface area contributed by atoms with Crippen LogP contribution >= 0.6 is 0 Å². The van der Waals surface area contributed by atoms with Crippen molar-refractivity contribution in [3.8, 4) is 5.75 Å². The number of alkyl halides is 3. The van der Waals surface area contributed by atoms with Crippen molar-refractivity contribution >= 4 is 35.2 Å². The van der Waals surface area contributed by atoms with Gasteiger partial charge in [0.25, 0.3) is 17.7 Å². The number of nitrogens with zero attached hydrogens (tertiary/aromatic N) is 3. The van der Waals surface area contributed by atoms with E-state index in [0.717, 1.165) is 16.7 Å². The zero-order chi connectivity index (χ0) is 30.4. The SMILES string of the molecule is CN(CC1(C)CCN(c2ccc3c(c2)C(=O)N(C2CCC(=O)NC2=O)C3=O)CC1)C(=O)c1ccccc1OC(F)(F)F. The van der Waals surface area contributed by atoms with Gasteiger partial charge in [-0.05, 0) is 55.0 Å². The van der Waals surface area contributed by atoms with Crippen molar-refractivity contribution in [2.75, 3.05) is 31.6 Å². The fraction of sp³-hybridized carbons (Fsp3) is 0.414. The van der Waals surface area contributed by atoms with Crippen molar-refractivity contribution in [2.45, 2.75) is 45.0 Å². The number of carbonyl (C=O) groups is 5. The second-order valence-corrected chi connectivity index (χ2v) is 11.2. The Hall–Kier alpha value is -4.42. The summed E-state index contributed by atoms with van der Waals surface area (Å²) >= 11 is 0. The Bertz CT molecular complexity index is 1470. The highest BCUT2D eigenvalue weighted by Crippen LogP contribution is 2.37. The summed E-state index contributed by atoms with van der Waals surface area (Å²) in [5, 5.41) is 2.18. The van der Waals surface area contributed by atoms with E-state index < -0.39 is 47.7 Å². The van der Waals surface area contributed by atoms with Crippen LogP contribution in [0.4, 0.5) is 18.9 Å². The van der Waals surface area contributed by atoms with E-state index in [2.05, 4.69) is 15.0 Å². The molecule has 0 bridgehead atoms.